The lowest BCUT2D eigenvalue weighted by atomic mass is 10.2. The zero-order chi connectivity index (χ0) is 16.0. The van der Waals surface area contributed by atoms with Crippen LogP contribution < -0.4 is 0 Å². The number of hydrogen-bond acceptors (Lipinski definition) is 4. The van der Waals surface area contributed by atoms with E-state index < -0.39 is 34.4 Å². The highest BCUT2D eigenvalue weighted by molar-refractivity contribution is 8.03. The van der Waals surface area contributed by atoms with Gasteiger partial charge in [0.2, 0.25) is 0 Å². The van der Waals surface area contributed by atoms with Crippen LogP contribution in [0.15, 0.2) is 41.1 Å². The van der Waals surface area contributed by atoms with Gasteiger partial charge in [0.1, 0.15) is 0 Å². The fourth-order valence-electron chi connectivity index (χ4n) is 1.32. The van der Waals surface area contributed by atoms with Crippen molar-refractivity contribution in [2.45, 2.75) is 6.18 Å². The monoisotopic (exact) mass is 322 g/mol. The van der Waals surface area contributed by atoms with Gasteiger partial charge >= 0.3 is 12.1 Å². The molecule has 0 unspecified atom stereocenters. The molecule has 0 amide bonds. The molecule has 0 fully saturated rings. The Labute approximate surface area is 122 Å². The quantitative estimate of drug-likeness (QED) is 0.360. The number of carbonyl (C=O) groups excluding carboxylic acids is 2. The van der Waals surface area contributed by atoms with Crippen molar-refractivity contribution in [2.24, 2.45) is 0 Å². The Hall–Kier alpha value is -1.83. The second kappa shape index (κ2) is 7.26. The van der Waals surface area contributed by atoms with Gasteiger partial charge in [0.05, 0.1) is 12.9 Å². The van der Waals surface area contributed by atoms with Gasteiger partial charge in [-0.25, -0.2) is 4.79 Å². The minimum atomic E-state index is -5.19. The third kappa shape index (κ3) is 4.89. The van der Waals surface area contributed by atoms with Crippen LogP contribution >= 0.6 is 11.8 Å². The summed E-state index contributed by atoms with van der Waals surface area (Å²) in [7, 11) is 0.709. The minimum Gasteiger partial charge on any atom is -0.465 e. The van der Waals surface area contributed by atoms with Crippen LogP contribution in [0.4, 0.5) is 17.6 Å². The average molecular weight is 322 g/mol. The summed E-state index contributed by atoms with van der Waals surface area (Å²) in [5.41, 5.74) is -1.81. The zero-order valence-electron chi connectivity index (χ0n) is 10.7. The van der Waals surface area contributed by atoms with Crippen LogP contribution in [0.1, 0.15) is 10.4 Å². The molecule has 0 aliphatic rings. The van der Waals surface area contributed by atoms with E-state index in [0.29, 0.717) is 7.11 Å². The van der Waals surface area contributed by atoms with E-state index in [1.807, 2.05) is 0 Å². The molecule has 3 nitrogen and oxygen atoms in total. The van der Waals surface area contributed by atoms with Crippen molar-refractivity contribution in [3.05, 3.63) is 46.6 Å². The van der Waals surface area contributed by atoms with Gasteiger partial charge in [-0.2, -0.15) is 17.6 Å². The Morgan fingerprint density at radius 1 is 1.19 bits per heavy atom. The minimum absolute atomic E-state index is 0.000603. The van der Waals surface area contributed by atoms with E-state index in [0.717, 1.165) is 0 Å². The van der Waals surface area contributed by atoms with Crippen LogP contribution in [-0.2, 0) is 9.53 Å². The molecule has 114 valence electrons. The molecule has 0 saturated heterocycles. The molecule has 0 aliphatic heterocycles. The molecule has 0 aromatic heterocycles. The van der Waals surface area contributed by atoms with Gasteiger partial charge in [-0.3, -0.25) is 4.79 Å². The third-order valence-electron chi connectivity index (χ3n) is 2.30. The highest BCUT2D eigenvalue weighted by atomic mass is 32.2. The van der Waals surface area contributed by atoms with E-state index in [1.165, 1.54) is 12.1 Å². The summed E-state index contributed by atoms with van der Waals surface area (Å²) in [6.45, 7) is 0. The fourth-order valence-corrected chi connectivity index (χ4v) is 2.09. The summed E-state index contributed by atoms with van der Waals surface area (Å²) in [5, 5.41) is -1.79. The van der Waals surface area contributed by atoms with Crippen molar-refractivity contribution >= 4 is 23.5 Å². The Bertz CT molecular complexity index is 552. The molecule has 0 radical (unpaired) electrons. The predicted octanol–water partition coefficient (Wildman–Crippen LogP) is 3.52. The van der Waals surface area contributed by atoms with Crippen molar-refractivity contribution in [2.75, 3.05) is 12.9 Å². The van der Waals surface area contributed by atoms with Gasteiger partial charge in [-0.1, -0.05) is 42.1 Å². The van der Waals surface area contributed by atoms with Gasteiger partial charge < -0.3 is 4.74 Å². The smallest absolute Gasteiger partial charge is 0.426 e. The number of carbonyl (C=O) groups is 2. The molecule has 0 N–H and O–H groups in total. The first-order chi connectivity index (χ1) is 9.77. The number of ether oxygens (including phenoxy) is 1. The van der Waals surface area contributed by atoms with Crippen LogP contribution in [0, 0.1) is 0 Å². The molecular formula is C13H10F4O3S. The van der Waals surface area contributed by atoms with Crippen LogP contribution in [0.2, 0.25) is 0 Å². The molecule has 1 rings (SSSR count). The third-order valence-corrected chi connectivity index (χ3v) is 3.16. The van der Waals surface area contributed by atoms with Gasteiger partial charge in [0.25, 0.3) is 0 Å². The Morgan fingerprint density at radius 3 is 2.24 bits per heavy atom. The summed E-state index contributed by atoms with van der Waals surface area (Å²) in [6.07, 6.45) is -5.19. The SMILES string of the molecule is COC(=O)/C(=C(\F)SCC(=O)c1ccccc1)C(F)(F)F. The maximum atomic E-state index is 13.5. The number of rotatable bonds is 5. The summed E-state index contributed by atoms with van der Waals surface area (Å²) < 4.78 is 55.1. The predicted molar refractivity (Wildman–Crippen MR) is 69.4 cm³/mol. The number of Topliss-reactive ketones (excluding diaryl/α,β-unsaturated/α-hetero) is 1. The molecule has 0 atom stereocenters. The highest BCUT2D eigenvalue weighted by Crippen LogP contribution is 2.34. The van der Waals surface area contributed by atoms with Crippen LogP contribution in [-0.4, -0.2) is 30.8 Å². The molecule has 0 saturated carbocycles. The standard InChI is InChI=1S/C13H10F4O3S/c1-20-12(19)10(13(15,16)17)11(14)21-7-9(18)8-5-3-2-4-6-8/h2-6H,7H2,1H3/b11-10-. The maximum absolute atomic E-state index is 13.5. The largest absolute Gasteiger partial charge is 0.465 e. The number of alkyl halides is 3. The summed E-state index contributed by atoms with van der Waals surface area (Å²) in [4.78, 5) is 22.6. The normalized spacial score (nSPS) is 12.6. The van der Waals surface area contributed by atoms with Crippen LogP contribution in [0.25, 0.3) is 0 Å². The van der Waals surface area contributed by atoms with Gasteiger partial charge in [-0.05, 0) is 0 Å². The molecular weight excluding hydrogens is 312 g/mol. The second-order valence-electron chi connectivity index (χ2n) is 3.72. The van der Waals surface area contributed by atoms with Crippen molar-refractivity contribution in [1.82, 2.24) is 0 Å². The first-order valence-electron chi connectivity index (χ1n) is 5.53. The van der Waals surface area contributed by atoms with E-state index >= 15 is 0 Å². The van der Waals surface area contributed by atoms with E-state index in [-0.39, 0.29) is 17.3 Å². The van der Waals surface area contributed by atoms with Crippen LogP contribution in [0.3, 0.4) is 0 Å². The number of thioether (sulfide) groups is 1. The summed E-state index contributed by atoms with van der Waals surface area (Å²) in [5.74, 6) is -2.95. The lowest BCUT2D eigenvalue weighted by Gasteiger charge is -2.10. The molecule has 0 aliphatic carbocycles. The Balaban J connectivity index is 2.87. The molecule has 0 spiro atoms. The summed E-state index contributed by atoms with van der Waals surface area (Å²) >= 11 is 0.000603. The average Bonchev–Trinajstić information content (AvgIpc) is 2.44. The number of esters is 1. The lowest BCUT2D eigenvalue weighted by Crippen LogP contribution is -2.22. The number of benzene rings is 1. The molecule has 8 heteroatoms. The fraction of sp³-hybridized carbons (Fsp3) is 0.231. The molecule has 1 aromatic rings. The number of halogens is 4. The molecule has 0 heterocycles. The van der Waals surface area contributed by atoms with Crippen molar-refractivity contribution < 1.29 is 31.9 Å². The van der Waals surface area contributed by atoms with Crippen molar-refractivity contribution in [1.29, 1.82) is 0 Å². The first-order valence-corrected chi connectivity index (χ1v) is 6.52. The summed E-state index contributed by atoms with van der Waals surface area (Å²) in [6, 6.07) is 7.70. The number of hydrogen-bond donors (Lipinski definition) is 0. The van der Waals surface area contributed by atoms with Crippen LogP contribution in [0.5, 0.6) is 0 Å². The van der Waals surface area contributed by atoms with E-state index in [2.05, 4.69) is 4.74 Å². The Kier molecular flexibility index (Phi) is 5.95. The van der Waals surface area contributed by atoms with Gasteiger partial charge in [0, 0.05) is 5.56 Å². The van der Waals surface area contributed by atoms with Crippen molar-refractivity contribution in [3.63, 3.8) is 0 Å². The lowest BCUT2D eigenvalue weighted by molar-refractivity contribution is -0.148. The maximum Gasteiger partial charge on any atom is 0.426 e. The second-order valence-corrected chi connectivity index (χ2v) is 4.65. The highest BCUT2D eigenvalue weighted by Gasteiger charge is 2.43. The van der Waals surface area contributed by atoms with E-state index in [4.69, 9.17) is 0 Å². The first kappa shape index (κ1) is 17.2. The van der Waals surface area contributed by atoms with E-state index in [1.54, 1.807) is 18.2 Å². The zero-order valence-corrected chi connectivity index (χ0v) is 11.6. The number of ketones is 1. The van der Waals surface area contributed by atoms with Gasteiger partial charge in [0.15, 0.2) is 16.5 Å². The Morgan fingerprint density at radius 2 is 1.76 bits per heavy atom. The molecule has 0 bridgehead atoms. The number of methoxy groups -OCH3 is 1. The van der Waals surface area contributed by atoms with E-state index in [9.17, 15) is 27.2 Å². The topological polar surface area (TPSA) is 43.4 Å². The van der Waals surface area contributed by atoms with Gasteiger partial charge in [-0.15, -0.1) is 0 Å². The van der Waals surface area contributed by atoms with Crippen molar-refractivity contribution in [3.8, 4) is 0 Å². The molecule has 21 heavy (non-hydrogen) atoms. The molecule has 1 aromatic carbocycles.